The van der Waals surface area contributed by atoms with Crippen molar-refractivity contribution in [2.24, 2.45) is 5.92 Å². The van der Waals surface area contributed by atoms with Crippen LogP contribution in [0.5, 0.6) is 0 Å². The molecule has 5 rings (SSSR count). The molecule has 2 aliphatic rings. The molecule has 3 aromatic rings. The van der Waals surface area contributed by atoms with Crippen LogP contribution in [0.2, 0.25) is 0 Å². The van der Waals surface area contributed by atoms with Crippen LogP contribution in [0.1, 0.15) is 12.0 Å². The Balaban J connectivity index is 0.000000845. The van der Waals surface area contributed by atoms with E-state index in [2.05, 4.69) is 52.7 Å². The van der Waals surface area contributed by atoms with Crippen LogP contribution in [0.15, 0.2) is 42.5 Å². The highest BCUT2D eigenvalue weighted by atomic mass is 35.5. The molecule has 2 aromatic carbocycles. The van der Waals surface area contributed by atoms with Gasteiger partial charge >= 0.3 is 0 Å². The first kappa shape index (κ1) is 18.0. The quantitative estimate of drug-likeness (QED) is 0.693. The lowest BCUT2D eigenvalue weighted by Crippen LogP contribution is -2.33. The van der Waals surface area contributed by atoms with E-state index in [-0.39, 0.29) is 24.8 Å². The number of nitrogens with one attached hydrogen (secondary N) is 1. The summed E-state index contributed by atoms with van der Waals surface area (Å²) in [6, 6.07) is 16.4. The van der Waals surface area contributed by atoms with E-state index in [9.17, 15) is 0 Å². The summed E-state index contributed by atoms with van der Waals surface area (Å²) in [6.45, 7) is 4.76. The molecule has 2 nitrogen and oxygen atoms in total. The van der Waals surface area contributed by atoms with Gasteiger partial charge in [-0.15, -0.1) is 36.2 Å². The van der Waals surface area contributed by atoms with Gasteiger partial charge in [0, 0.05) is 39.3 Å². The highest BCUT2D eigenvalue weighted by Gasteiger charge is 2.37. The molecule has 2 fully saturated rings. The smallest absolute Gasteiger partial charge is 0.0400 e. The van der Waals surface area contributed by atoms with Crippen molar-refractivity contribution < 1.29 is 0 Å². The van der Waals surface area contributed by atoms with E-state index >= 15 is 0 Å². The van der Waals surface area contributed by atoms with E-state index in [1.165, 1.54) is 51.8 Å². The molecule has 0 amide bonds. The van der Waals surface area contributed by atoms with Gasteiger partial charge in [0.1, 0.15) is 0 Å². The molecule has 0 spiro atoms. The van der Waals surface area contributed by atoms with Crippen LogP contribution in [-0.4, -0.2) is 30.6 Å². The van der Waals surface area contributed by atoms with Crippen LogP contribution in [0.4, 0.5) is 0 Å². The maximum atomic E-state index is 3.56. The largest absolute Gasteiger partial charge is 0.315 e. The van der Waals surface area contributed by atoms with Crippen molar-refractivity contribution in [1.29, 1.82) is 0 Å². The number of nitrogens with zero attached hydrogens (tertiary/aromatic N) is 1. The fraction of sp³-hybridized carbons (Fsp3) is 0.368. The lowest BCUT2D eigenvalue weighted by atomic mass is 10.0. The van der Waals surface area contributed by atoms with Crippen LogP contribution >= 0.6 is 36.2 Å². The Kier molecular flexibility index (Phi) is 5.38. The number of likely N-dealkylation sites (tertiary alicyclic amines) is 1. The van der Waals surface area contributed by atoms with E-state index in [4.69, 9.17) is 0 Å². The van der Waals surface area contributed by atoms with Gasteiger partial charge in [-0.3, -0.25) is 4.90 Å². The second kappa shape index (κ2) is 7.19. The number of rotatable bonds is 2. The van der Waals surface area contributed by atoms with Gasteiger partial charge in [0.05, 0.1) is 0 Å². The summed E-state index contributed by atoms with van der Waals surface area (Å²) in [7, 11) is 0. The maximum Gasteiger partial charge on any atom is 0.0400 e. The molecule has 2 aliphatic heterocycles. The number of halogens is 2. The Morgan fingerprint density at radius 2 is 1.83 bits per heavy atom. The number of thiophene rings is 1. The van der Waals surface area contributed by atoms with Gasteiger partial charge in [0.15, 0.2) is 0 Å². The van der Waals surface area contributed by atoms with Crippen molar-refractivity contribution in [2.75, 3.05) is 19.6 Å². The topological polar surface area (TPSA) is 15.3 Å². The van der Waals surface area contributed by atoms with Gasteiger partial charge < -0.3 is 5.32 Å². The molecule has 2 saturated heterocycles. The van der Waals surface area contributed by atoms with Crippen molar-refractivity contribution in [2.45, 2.75) is 19.0 Å². The van der Waals surface area contributed by atoms with Gasteiger partial charge in [-0.1, -0.05) is 36.4 Å². The molecule has 0 unspecified atom stereocenters. The molecule has 128 valence electrons. The van der Waals surface area contributed by atoms with Crippen LogP contribution in [-0.2, 0) is 6.54 Å². The Labute approximate surface area is 159 Å². The van der Waals surface area contributed by atoms with E-state index < -0.39 is 0 Å². The van der Waals surface area contributed by atoms with Crippen molar-refractivity contribution in [3.8, 4) is 0 Å². The average molecular weight is 381 g/mol. The second-order valence-electron chi connectivity index (χ2n) is 6.64. The first-order valence-corrected chi connectivity index (χ1v) is 9.06. The predicted octanol–water partition coefficient (Wildman–Crippen LogP) is 4.69. The summed E-state index contributed by atoms with van der Waals surface area (Å²) in [4.78, 5) is 2.70. The predicted molar refractivity (Wildman–Crippen MR) is 109 cm³/mol. The van der Waals surface area contributed by atoms with Crippen molar-refractivity contribution >= 4 is 56.3 Å². The highest BCUT2D eigenvalue weighted by Crippen LogP contribution is 2.37. The Morgan fingerprint density at radius 3 is 2.75 bits per heavy atom. The van der Waals surface area contributed by atoms with Crippen LogP contribution in [0.25, 0.3) is 20.2 Å². The monoisotopic (exact) mass is 380 g/mol. The van der Waals surface area contributed by atoms with Gasteiger partial charge in [-0.25, -0.2) is 0 Å². The standard InChI is InChI=1S/C19H20N2S.2ClH/c1-2-7-18-15(5-1)16-6-3-4-14(19(16)22-18)12-21-9-8-13-10-20-11-17(13)21;;/h1-7,13,17,20H,8-12H2;2*1H/t13-,17+;;/m0../s1. The molecule has 1 aromatic heterocycles. The Morgan fingerprint density at radius 1 is 1.00 bits per heavy atom. The first-order chi connectivity index (χ1) is 10.9. The molecular weight excluding hydrogens is 359 g/mol. The maximum absolute atomic E-state index is 3.56. The molecule has 0 radical (unpaired) electrons. The fourth-order valence-electron chi connectivity index (χ4n) is 4.28. The van der Waals surface area contributed by atoms with E-state index in [1.807, 2.05) is 11.3 Å². The third-order valence-electron chi connectivity index (χ3n) is 5.42. The van der Waals surface area contributed by atoms with E-state index in [0.717, 1.165) is 18.5 Å². The lowest BCUT2D eigenvalue weighted by molar-refractivity contribution is 0.245. The highest BCUT2D eigenvalue weighted by molar-refractivity contribution is 7.26. The zero-order valence-electron chi connectivity index (χ0n) is 13.4. The van der Waals surface area contributed by atoms with E-state index in [0.29, 0.717) is 0 Å². The molecule has 0 aliphatic carbocycles. The molecule has 2 atom stereocenters. The molecule has 1 N–H and O–H groups in total. The fourth-order valence-corrected chi connectivity index (χ4v) is 5.49. The molecule has 0 bridgehead atoms. The van der Waals surface area contributed by atoms with Crippen LogP contribution in [0.3, 0.4) is 0 Å². The van der Waals surface area contributed by atoms with Gasteiger partial charge in [-0.05, 0) is 37.1 Å². The lowest BCUT2D eigenvalue weighted by Gasteiger charge is -2.23. The summed E-state index contributed by atoms with van der Waals surface area (Å²) >= 11 is 1.95. The third kappa shape index (κ3) is 2.83. The summed E-state index contributed by atoms with van der Waals surface area (Å²) in [5, 5.41) is 6.40. The molecule has 5 heteroatoms. The minimum Gasteiger partial charge on any atom is -0.315 e. The molecule has 3 heterocycles. The van der Waals surface area contributed by atoms with Gasteiger partial charge in [-0.2, -0.15) is 0 Å². The number of fused-ring (bicyclic) bond motifs is 4. The number of hydrogen-bond acceptors (Lipinski definition) is 3. The average Bonchev–Trinajstić information content (AvgIpc) is 3.23. The minimum absolute atomic E-state index is 0. The summed E-state index contributed by atoms with van der Waals surface area (Å²) in [5.74, 6) is 0.876. The van der Waals surface area contributed by atoms with Crippen LogP contribution < -0.4 is 5.32 Å². The van der Waals surface area contributed by atoms with Gasteiger partial charge in [0.2, 0.25) is 0 Å². The minimum atomic E-state index is 0. The second-order valence-corrected chi connectivity index (χ2v) is 7.69. The van der Waals surface area contributed by atoms with Crippen molar-refractivity contribution in [3.05, 3.63) is 48.0 Å². The first-order valence-electron chi connectivity index (χ1n) is 8.24. The van der Waals surface area contributed by atoms with Crippen molar-refractivity contribution in [1.82, 2.24) is 10.2 Å². The third-order valence-corrected chi connectivity index (χ3v) is 6.68. The molecular formula is C19H22Cl2N2S. The normalized spacial score (nSPS) is 23.2. The zero-order valence-corrected chi connectivity index (χ0v) is 15.9. The van der Waals surface area contributed by atoms with Crippen molar-refractivity contribution in [3.63, 3.8) is 0 Å². The summed E-state index contributed by atoms with van der Waals surface area (Å²) < 4.78 is 2.89. The van der Waals surface area contributed by atoms with Gasteiger partial charge in [0.25, 0.3) is 0 Å². The number of benzene rings is 2. The van der Waals surface area contributed by atoms with Crippen LogP contribution in [0, 0.1) is 5.92 Å². The SMILES string of the molecule is Cl.Cl.c1ccc2c(c1)sc1c(CN3CC[C@H]4CNC[C@H]43)cccc12. The molecule has 24 heavy (non-hydrogen) atoms. The Bertz CT molecular complexity index is 848. The molecule has 0 saturated carbocycles. The summed E-state index contributed by atoms with van der Waals surface area (Å²) in [5.41, 5.74) is 1.51. The summed E-state index contributed by atoms with van der Waals surface area (Å²) in [6.07, 6.45) is 1.36. The zero-order chi connectivity index (χ0) is 14.5. The Hall–Kier alpha value is -0.840. The van der Waals surface area contributed by atoms with E-state index in [1.54, 1.807) is 0 Å². The number of hydrogen-bond donors (Lipinski definition) is 1.